The Morgan fingerprint density at radius 2 is 1.85 bits per heavy atom. The van der Waals surface area contributed by atoms with Crippen LogP contribution in [0.15, 0.2) is 42.5 Å². The molecule has 0 radical (unpaired) electrons. The van der Waals surface area contributed by atoms with E-state index in [9.17, 15) is 4.39 Å². The highest BCUT2D eigenvalue weighted by Crippen LogP contribution is 2.33. The summed E-state index contributed by atoms with van der Waals surface area (Å²) in [7, 11) is 3.71. The van der Waals surface area contributed by atoms with Gasteiger partial charge in [-0.1, -0.05) is 29.8 Å². The Morgan fingerprint density at radius 3 is 2.45 bits per heavy atom. The molecule has 4 heteroatoms. The van der Waals surface area contributed by atoms with Crippen molar-refractivity contribution < 1.29 is 4.39 Å². The molecule has 2 rings (SSSR count). The van der Waals surface area contributed by atoms with E-state index >= 15 is 0 Å². The topological polar surface area (TPSA) is 15.3 Å². The van der Waals surface area contributed by atoms with Crippen molar-refractivity contribution in [2.24, 2.45) is 0 Å². The zero-order valence-corrected chi connectivity index (χ0v) is 12.6. The predicted octanol–water partition coefficient (Wildman–Crippen LogP) is 4.53. The van der Waals surface area contributed by atoms with E-state index in [0.29, 0.717) is 10.7 Å². The van der Waals surface area contributed by atoms with Gasteiger partial charge in [0.05, 0.1) is 16.4 Å². The first kappa shape index (κ1) is 14.8. The lowest BCUT2D eigenvalue weighted by Crippen LogP contribution is -2.14. The smallest absolute Gasteiger partial charge is 0.146 e. The number of halogens is 2. The van der Waals surface area contributed by atoms with Crippen LogP contribution in [-0.4, -0.2) is 14.1 Å². The normalized spacial score (nSPS) is 12.2. The number of para-hydroxylation sites is 1. The van der Waals surface area contributed by atoms with Gasteiger partial charge >= 0.3 is 0 Å². The lowest BCUT2D eigenvalue weighted by molar-refractivity contribution is 0.627. The summed E-state index contributed by atoms with van der Waals surface area (Å²) >= 11 is 6.34. The number of hydrogen-bond donors (Lipinski definition) is 1. The molecule has 0 amide bonds. The van der Waals surface area contributed by atoms with Gasteiger partial charge in [-0.05, 0) is 43.8 Å². The van der Waals surface area contributed by atoms with Gasteiger partial charge in [-0.3, -0.25) is 0 Å². The van der Waals surface area contributed by atoms with Crippen LogP contribution in [0.2, 0.25) is 5.02 Å². The van der Waals surface area contributed by atoms with Crippen LogP contribution in [0.1, 0.15) is 18.5 Å². The molecule has 0 bridgehead atoms. The van der Waals surface area contributed by atoms with E-state index in [1.54, 1.807) is 30.1 Å². The highest BCUT2D eigenvalue weighted by atomic mass is 35.5. The predicted molar refractivity (Wildman–Crippen MR) is 83.4 cm³/mol. The molecule has 1 N–H and O–H groups in total. The van der Waals surface area contributed by atoms with Crippen molar-refractivity contribution in [3.8, 4) is 0 Å². The van der Waals surface area contributed by atoms with Crippen molar-refractivity contribution in [2.75, 3.05) is 19.0 Å². The van der Waals surface area contributed by atoms with Gasteiger partial charge in [0, 0.05) is 13.1 Å². The summed E-state index contributed by atoms with van der Waals surface area (Å²) in [6.45, 7) is 2.06. The summed E-state index contributed by atoms with van der Waals surface area (Å²) in [5.41, 5.74) is 2.39. The molecule has 0 spiro atoms. The molecule has 2 nitrogen and oxygen atoms in total. The van der Waals surface area contributed by atoms with Gasteiger partial charge in [0.25, 0.3) is 0 Å². The third-order valence-electron chi connectivity index (χ3n) is 3.48. The molecule has 0 aliphatic carbocycles. The fourth-order valence-electron chi connectivity index (χ4n) is 2.08. The summed E-state index contributed by atoms with van der Waals surface area (Å²) in [5.74, 6) is -0.265. The average molecular weight is 293 g/mol. The van der Waals surface area contributed by atoms with Crippen LogP contribution in [0.25, 0.3) is 0 Å². The van der Waals surface area contributed by atoms with E-state index < -0.39 is 0 Å². The third-order valence-corrected chi connectivity index (χ3v) is 3.78. The fraction of sp³-hybridized carbons (Fsp3) is 0.250. The Labute approximate surface area is 124 Å². The van der Waals surface area contributed by atoms with E-state index in [0.717, 1.165) is 11.3 Å². The van der Waals surface area contributed by atoms with E-state index in [1.807, 2.05) is 25.2 Å². The first-order valence-electron chi connectivity index (χ1n) is 6.49. The van der Waals surface area contributed by atoms with Gasteiger partial charge < -0.3 is 10.2 Å². The maximum absolute atomic E-state index is 13.8. The SMILES string of the molecule is CNC(C)c1ccc(N(C)c2ccccc2F)c(Cl)c1. The van der Waals surface area contributed by atoms with Crippen LogP contribution < -0.4 is 10.2 Å². The maximum Gasteiger partial charge on any atom is 0.146 e. The molecule has 2 aromatic rings. The molecule has 0 aromatic heterocycles. The number of benzene rings is 2. The number of rotatable bonds is 4. The first-order valence-corrected chi connectivity index (χ1v) is 6.87. The number of anilines is 2. The second kappa shape index (κ2) is 6.25. The maximum atomic E-state index is 13.8. The van der Waals surface area contributed by atoms with E-state index in [4.69, 9.17) is 11.6 Å². The van der Waals surface area contributed by atoms with E-state index in [1.165, 1.54) is 6.07 Å². The van der Waals surface area contributed by atoms with Crippen LogP contribution in [0.5, 0.6) is 0 Å². The highest BCUT2D eigenvalue weighted by Gasteiger charge is 2.13. The van der Waals surface area contributed by atoms with E-state index in [2.05, 4.69) is 12.2 Å². The zero-order valence-electron chi connectivity index (χ0n) is 11.8. The average Bonchev–Trinajstić information content (AvgIpc) is 2.46. The molecular weight excluding hydrogens is 275 g/mol. The van der Waals surface area contributed by atoms with E-state index in [-0.39, 0.29) is 11.9 Å². The Morgan fingerprint density at radius 1 is 1.15 bits per heavy atom. The molecule has 106 valence electrons. The molecule has 1 unspecified atom stereocenters. The minimum atomic E-state index is -0.265. The zero-order chi connectivity index (χ0) is 14.7. The largest absolute Gasteiger partial charge is 0.341 e. The molecule has 2 aromatic carbocycles. The van der Waals surface area contributed by atoms with Crippen molar-refractivity contribution in [3.63, 3.8) is 0 Å². The molecule has 0 aliphatic heterocycles. The summed E-state index contributed by atoms with van der Waals surface area (Å²) in [4.78, 5) is 1.76. The molecular formula is C16H18ClFN2. The summed E-state index contributed by atoms with van der Waals surface area (Å²) < 4.78 is 13.8. The molecule has 0 fully saturated rings. The second-order valence-corrected chi connectivity index (χ2v) is 5.14. The molecule has 0 saturated heterocycles. The van der Waals surface area contributed by atoms with Crippen LogP contribution >= 0.6 is 11.6 Å². The summed E-state index contributed by atoms with van der Waals surface area (Å²) in [6, 6.07) is 12.7. The second-order valence-electron chi connectivity index (χ2n) is 4.73. The Hall–Kier alpha value is -1.58. The number of hydrogen-bond acceptors (Lipinski definition) is 2. The van der Waals surface area contributed by atoms with Crippen LogP contribution in [0.3, 0.4) is 0 Å². The minimum Gasteiger partial charge on any atom is -0.341 e. The fourth-order valence-corrected chi connectivity index (χ4v) is 2.40. The van der Waals surface area contributed by atoms with Crippen LogP contribution in [-0.2, 0) is 0 Å². The summed E-state index contributed by atoms with van der Waals surface area (Å²) in [5, 5.41) is 3.77. The van der Waals surface area contributed by atoms with Crippen LogP contribution in [0.4, 0.5) is 15.8 Å². The van der Waals surface area contributed by atoms with Gasteiger partial charge in [0.2, 0.25) is 0 Å². The van der Waals surface area contributed by atoms with Crippen molar-refractivity contribution in [2.45, 2.75) is 13.0 Å². The number of nitrogens with one attached hydrogen (secondary N) is 1. The van der Waals surface area contributed by atoms with Crippen molar-refractivity contribution in [1.29, 1.82) is 0 Å². The van der Waals surface area contributed by atoms with Gasteiger partial charge in [-0.15, -0.1) is 0 Å². The van der Waals surface area contributed by atoms with Crippen molar-refractivity contribution in [1.82, 2.24) is 5.32 Å². The molecule has 1 atom stereocenters. The summed E-state index contributed by atoms with van der Waals surface area (Å²) in [6.07, 6.45) is 0. The Kier molecular flexibility index (Phi) is 4.63. The lowest BCUT2D eigenvalue weighted by atomic mass is 10.1. The molecule has 0 saturated carbocycles. The van der Waals surface area contributed by atoms with Gasteiger partial charge in [0.15, 0.2) is 0 Å². The van der Waals surface area contributed by atoms with Crippen LogP contribution in [0, 0.1) is 5.82 Å². The van der Waals surface area contributed by atoms with Gasteiger partial charge in [0.1, 0.15) is 5.82 Å². The van der Waals surface area contributed by atoms with Crippen molar-refractivity contribution in [3.05, 3.63) is 58.9 Å². The first-order chi connectivity index (χ1) is 9.54. The molecule has 0 heterocycles. The number of nitrogens with zero attached hydrogens (tertiary/aromatic N) is 1. The standard InChI is InChI=1S/C16H18ClFN2/c1-11(19-2)12-8-9-15(13(17)10-12)20(3)16-7-5-4-6-14(16)18/h4-11,19H,1-3H3. The van der Waals surface area contributed by atoms with Gasteiger partial charge in [-0.25, -0.2) is 4.39 Å². The monoisotopic (exact) mass is 292 g/mol. The molecule has 20 heavy (non-hydrogen) atoms. The minimum absolute atomic E-state index is 0.223. The van der Waals surface area contributed by atoms with Gasteiger partial charge in [-0.2, -0.15) is 0 Å². The highest BCUT2D eigenvalue weighted by molar-refractivity contribution is 6.33. The lowest BCUT2D eigenvalue weighted by Gasteiger charge is -2.22. The van der Waals surface area contributed by atoms with Crippen molar-refractivity contribution >= 4 is 23.0 Å². The quantitative estimate of drug-likeness (QED) is 0.891. The Balaban J connectivity index is 2.36. The molecule has 0 aliphatic rings. The third kappa shape index (κ3) is 2.94. The Bertz CT molecular complexity index is 601.